The summed E-state index contributed by atoms with van der Waals surface area (Å²) in [4.78, 5) is 15.2. The number of aromatic nitrogens is 1. The van der Waals surface area contributed by atoms with Gasteiger partial charge in [0.1, 0.15) is 5.75 Å². The van der Waals surface area contributed by atoms with Gasteiger partial charge in [0.2, 0.25) is 0 Å². The van der Waals surface area contributed by atoms with E-state index in [9.17, 15) is 4.79 Å². The molecule has 0 aliphatic rings. The molecule has 4 aromatic rings. The Balaban J connectivity index is 1.89. The summed E-state index contributed by atoms with van der Waals surface area (Å²) in [7, 11) is 1.58. The number of ether oxygens (including phenoxy) is 1. The summed E-state index contributed by atoms with van der Waals surface area (Å²) >= 11 is 6.25. The van der Waals surface area contributed by atoms with Crippen LogP contribution in [0.15, 0.2) is 66.7 Å². The summed E-state index contributed by atoms with van der Waals surface area (Å²) in [6.45, 7) is 0. The first-order valence-corrected chi connectivity index (χ1v) is 8.59. The van der Waals surface area contributed by atoms with E-state index in [4.69, 9.17) is 16.3 Å². The first kappa shape index (κ1) is 16.4. The number of aldehydes is 1. The summed E-state index contributed by atoms with van der Waals surface area (Å²) in [6.07, 6.45) is 0.890. The summed E-state index contributed by atoms with van der Waals surface area (Å²) in [6, 6.07) is 21.7. The number of benzene rings is 3. The SMILES string of the molecule is COc1ccc(-c2[nH]c3ccc(-c4ccccc4)cc3c2C=O)cc1Cl. The van der Waals surface area contributed by atoms with Gasteiger partial charge in [-0.2, -0.15) is 0 Å². The molecule has 0 bridgehead atoms. The molecule has 4 heteroatoms. The average molecular weight is 362 g/mol. The second-order valence-corrected chi connectivity index (χ2v) is 6.41. The van der Waals surface area contributed by atoms with E-state index in [1.807, 2.05) is 42.5 Å². The Morgan fingerprint density at radius 1 is 0.923 bits per heavy atom. The van der Waals surface area contributed by atoms with E-state index in [1.165, 1.54) is 0 Å². The first-order valence-electron chi connectivity index (χ1n) is 8.21. The van der Waals surface area contributed by atoms with Crippen molar-refractivity contribution in [3.63, 3.8) is 0 Å². The fourth-order valence-electron chi connectivity index (χ4n) is 3.19. The van der Waals surface area contributed by atoms with E-state index in [-0.39, 0.29) is 0 Å². The highest BCUT2D eigenvalue weighted by molar-refractivity contribution is 6.32. The smallest absolute Gasteiger partial charge is 0.152 e. The van der Waals surface area contributed by atoms with Crippen LogP contribution in [0.25, 0.3) is 33.3 Å². The van der Waals surface area contributed by atoms with E-state index in [0.717, 1.165) is 39.6 Å². The maximum absolute atomic E-state index is 11.9. The van der Waals surface area contributed by atoms with E-state index in [2.05, 4.69) is 17.1 Å². The Morgan fingerprint density at radius 2 is 1.69 bits per heavy atom. The number of aromatic amines is 1. The number of halogens is 1. The highest BCUT2D eigenvalue weighted by atomic mass is 35.5. The van der Waals surface area contributed by atoms with Crippen molar-refractivity contribution in [1.29, 1.82) is 0 Å². The lowest BCUT2D eigenvalue weighted by molar-refractivity contribution is 0.112. The zero-order valence-electron chi connectivity index (χ0n) is 14.1. The second kappa shape index (κ2) is 6.70. The van der Waals surface area contributed by atoms with E-state index >= 15 is 0 Å². The van der Waals surface area contributed by atoms with Crippen molar-refractivity contribution >= 4 is 28.8 Å². The van der Waals surface area contributed by atoms with Gasteiger partial charge in [-0.15, -0.1) is 0 Å². The Morgan fingerprint density at radius 3 is 2.38 bits per heavy atom. The number of carbonyl (C=O) groups excluding carboxylic acids is 1. The molecule has 0 spiro atoms. The van der Waals surface area contributed by atoms with Crippen molar-refractivity contribution in [1.82, 2.24) is 4.98 Å². The standard InChI is InChI=1S/C22H16ClNO2/c1-26-21-10-8-16(12-19(21)23)22-18(13-25)17-11-15(7-9-20(17)24-22)14-5-3-2-4-6-14/h2-13,24H,1H3. The molecule has 0 saturated carbocycles. The van der Waals surface area contributed by atoms with E-state index in [0.29, 0.717) is 16.3 Å². The van der Waals surface area contributed by atoms with Gasteiger partial charge in [0.25, 0.3) is 0 Å². The van der Waals surface area contributed by atoms with Gasteiger partial charge in [-0.05, 0) is 41.5 Å². The highest BCUT2D eigenvalue weighted by Crippen LogP contribution is 2.35. The van der Waals surface area contributed by atoms with Crippen LogP contribution in [0.4, 0.5) is 0 Å². The molecule has 0 fully saturated rings. The first-order chi connectivity index (χ1) is 12.7. The highest BCUT2D eigenvalue weighted by Gasteiger charge is 2.15. The van der Waals surface area contributed by atoms with Gasteiger partial charge >= 0.3 is 0 Å². The Labute approximate surface area is 156 Å². The lowest BCUT2D eigenvalue weighted by Crippen LogP contribution is -1.88. The molecule has 3 aromatic carbocycles. The number of fused-ring (bicyclic) bond motifs is 1. The van der Waals surface area contributed by atoms with Crippen LogP contribution >= 0.6 is 11.6 Å². The molecular weight excluding hydrogens is 346 g/mol. The van der Waals surface area contributed by atoms with Crippen LogP contribution in [0.2, 0.25) is 5.02 Å². The monoisotopic (exact) mass is 361 g/mol. The number of carbonyl (C=O) groups is 1. The van der Waals surface area contributed by atoms with Crippen LogP contribution in [0.5, 0.6) is 5.75 Å². The number of rotatable bonds is 4. The molecular formula is C22H16ClNO2. The molecule has 0 saturated heterocycles. The van der Waals surface area contributed by atoms with Crippen molar-refractivity contribution in [2.24, 2.45) is 0 Å². The van der Waals surface area contributed by atoms with Crippen molar-refractivity contribution in [2.75, 3.05) is 7.11 Å². The van der Waals surface area contributed by atoms with Gasteiger partial charge in [0, 0.05) is 22.0 Å². The molecule has 0 aliphatic carbocycles. The van der Waals surface area contributed by atoms with Gasteiger partial charge in [0.15, 0.2) is 6.29 Å². The molecule has 4 rings (SSSR count). The summed E-state index contributed by atoms with van der Waals surface area (Å²) in [5.41, 5.74) is 5.31. The van der Waals surface area contributed by atoms with Crippen LogP contribution in [0.1, 0.15) is 10.4 Å². The zero-order chi connectivity index (χ0) is 18.1. The number of nitrogens with one attached hydrogen (secondary N) is 1. The predicted octanol–water partition coefficient (Wildman–Crippen LogP) is 5.98. The molecule has 0 aliphatic heterocycles. The molecule has 1 heterocycles. The predicted molar refractivity (Wildman–Crippen MR) is 106 cm³/mol. The third-order valence-electron chi connectivity index (χ3n) is 4.50. The van der Waals surface area contributed by atoms with Gasteiger partial charge in [-0.3, -0.25) is 4.79 Å². The molecule has 0 radical (unpaired) electrons. The Hall–Kier alpha value is -3.04. The number of hydrogen-bond acceptors (Lipinski definition) is 2. The fraction of sp³-hybridized carbons (Fsp3) is 0.0455. The summed E-state index contributed by atoms with van der Waals surface area (Å²) in [5.74, 6) is 0.602. The van der Waals surface area contributed by atoms with Crippen molar-refractivity contribution in [3.8, 4) is 28.1 Å². The number of hydrogen-bond donors (Lipinski definition) is 1. The lowest BCUT2D eigenvalue weighted by Gasteiger charge is -2.05. The number of methoxy groups -OCH3 is 1. The molecule has 0 amide bonds. The largest absolute Gasteiger partial charge is 0.495 e. The van der Waals surface area contributed by atoms with Crippen LogP contribution < -0.4 is 4.74 Å². The number of H-pyrrole nitrogens is 1. The van der Waals surface area contributed by atoms with Crippen molar-refractivity contribution in [2.45, 2.75) is 0 Å². The topological polar surface area (TPSA) is 42.1 Å². The van der Waals surface area contributed by atoms with Crippen LogP contribution in [-0.4, -0.2) is 18.4 Å². The maximum atomic E-state index is 11.9. The summed E-state index contributed by atoms with van der Waals surface area (Å²) < 4.78 is 5.20. The van der Waals surface area contributed by atoms with Gasteiger partial charge < -0.3 is 9.72 Å². The minimum Gasteiger partial charge on any atom is -0.495 e. The van der Waals surface area contributed by atoms with E-state index in [1.54, 1.807) is 19.2 Å². The molecule has 0 unspecified atom stereocenters. The van der Waals surface area contributed by atoms with Crippen molar-refractivity contribution < 1.29 is 9.53 Å². The van der Waals surface area contributed by atoms with Gasteiger partial charge in [-0.25, -0.2) is 0 Å². The van der Waals surface area contributed by atoms with Crippen molar-refractivity contribution in [3.05, 3.63) is 77.3 Å². The maximum Gasteiger partial charge on any atom is 0.152 e. The zero-order valence-corrected chi connectivity index (χ0v) is 14.9. The van der Waals surface area contributed by atoms with Crippen LogP contribution in [0.3, 0.4) is 0 Å². The Kier molecular flexibility index (Phi) is 4.23. The average Bonchev–Trinajstić information content (AvgIpc) is 3.06. The third-order valence-corrected chi connectivity index (χ3v) is 4.80. The summed E-state index contributed by atoms with van der Waals surface area (Å²) in [5, 5.41) is 1.40. The normalized spacial score (nSPS) is 10.8. The van der Waals surface area contributed by atoms with E-state index < -0.39 is 0 Å². The third kappa shape index (κ3) is 2.76. The second-order valence-electron chi connectivity index (χ2n) is 6.01. The minimum atomic E-state index is 0.505. The molecule has 1 N–H and O–H groups in total. The fourth-order valence-corrected chi connectivity index (χ4v) is 3.45. The molecule has 3 nitrogen and oxygen atoms in total. The molecule has 128 valence electrons. The molecule has 26 heavy (non-hydrogen) atoms. The quantitative estimate of drug-likeness (QED) is 0.454. The minimum absolute atomic E-state index is 0.505. The van der Waals surface area contributed by atoms with Gasteiger partial charge in [-0.1, -0.05) is 48.0 Å². The molecule has 0 atom stereocenters. The molecule has 1 aromatic heterocycles. The lowest BCUT2D eigenvalue weighted by atomic mass is 10.0. The van der Waals surface area contributed by atoms with Gasteiger partial charge in [0.05, 0.1) is 17.8 Å². The van der Waals surface area contributed by atoms with Crippen LogP contribution in [0, 0.1) is 0 Å². The van der Waals surface area contributed by atoms with Crippen LogP contribution in [-0.2, 0) is 0 Å². The Bertz CT molecular complexity index is 1100.